The lowest BCUT2D eigenvalue weighted by Crippen LogP contribution is -2.65. The molecule has 172 valence electrons. The van der Waals surface area contributed by atoms with Crippen LogP contribution in [0.4, 0.5) is 0 Å². The molecule has 2 unspecified atom stereocenters. The van der Waals surface area contributed by atoms with Gasteiger partial charge in [0.05, 0.1) is 11.0 Å². The van der Waals surface area contributed by atoms with Crippen LogP contribution in [0.5, 0.6) is 0 Å². The number of aliphatic hydroxyl groups excluding tert-OH is 2. The molecule has 4 N–H and O–H groups in total. The number of carbonyl (C=O) groups excluding carboxylic acids is 2. The maximum atomic E-state index is 14.1. The Morgan fingerprint density at radius 3 is 2.48 bits per heavy atom. The van der Waals surface area contributed by atoms with E-state index >= 15 is 0 Å². The zero-order chi connectivity index (χ0) is 23.1. The maximum absolute atomic E-state index is 14.1. The van der Waals surface area contributed by atoms with E-state index in [9.17, 15) is 30.0 Å². The minimum absolute atomic E-state index is 0.188. The van der Waals surface area contributed by atoms with Crippen molar-refractivity contribution in [2.75, 3.05) is 6.61 Å². The molecule has 4 aliphatic rings. The first-order valence-electron chi connectivity index (χ1n) is 11.2. The lowest BCUT2D eigenvalue weighted by molar-refractivity contribution is -0.191. The quantitative estimate of drug-likeness (QED) is 0.388. The van der Waals surface area contributed by atoms with E-state index in [4.69, 9.17) is 4.74 Å². The van der Waals surface area contributed by atoms with Crippen LogP contribution in [0.2, 0.25) is 0 Å². The summed E-state index contributed by atoms with van der Waals surface area (Å²) < 4.78 is 5.32. The van der Waals surface area contributed by atoms with Crippen LogP contribution in [0.15, 0.2) is 23.3 Å². The van der Waals surface area contributed by atoms with Crippen LogP contribution in [-0.4, -0.2) is 62.2 Å². The minimum atomic E-state index is -2.21. The number of ketones is 1. The summed E-state index contributed by atoms with van der Waals surface area (Å²) in [5.41, 5.74) is -4.78. The van der Waals surface area contributed by atoms with Crippen LogP contribution >= 0.6 is 0 Å². The highest BCUT2D eigenvalue weighted by Crippen LogP contribution is 2.73. The van der Waals surface area contributed by atoms with E-state index in [-0.39, 0.29) is 30.8 Å². The molecule has 4 aliphatic carbocycles. The highest BCUT2D eigenvalue weighted by Gasteiger charge is 2.81. The molecule has 0 saturated heterocycles. The standard InChI is InChI=1S/C24H34O7/c1-6-7-16(25)31-11-14-8-15-17-21(4,5)23(17,29)10-13(3)22(20(15)28)9-12(2)18(26)24(22,30)19(14)27/h8-9,13,15,17-19,26-27,29-30H,6-7,10-11H2,1-5H3/t13?,15-,17+,18-,19+,22?,23-,24+/m0/s1. The van der Waals surface area contributed by atoms with Crippen molar-refractivity contribution in [2.24, 2.45) is 28.6 Å². The second-order valence-electron chi connectivity index (χ2n) is 10.7. The van der Waals surface area contributed by atoms with Crippen LogP contribution in [0.1, 0.15) is 53.9 Å². The average molecular weight is 435 g/mol. The molecule has 0 heterocycles. The number of carbonyl (C=O) groups is 2. The molecule has 0 amide bonds. The molecule has 7 nitrogen and oxygen atoms in total. The normalized spacial score (nSPS) is 47.4. The zero-order valence-corrected chi connectivity index (χ0v) is 18.9. The van der Waals surface area contributed by atoms with Crippen LogP contribution in [0.3, 0.4) is 0 Å². The Bertz CT molecular complexity index is 888. The molecule has 0 radical (unpaired) electrons. The van der Waals surface area contributed by atoms with Gasteiger partial charge in [0.1, 0.15) is 24.4 Å². The largest absolute Gasteiger partial charge is 0.461 e. The van der Waals surface area contributed by atoms with Crippen LogP contribution in [-0.2, 0) is 14.3 Å². The van der Waals surface area contributed by atoms with Crippen LogP contribution in [0, 0.1) is 28.6 Å². The van der Waals surface area contributed by atoms with E-state index < -0.39 is 58.0 Å². The van der Waals surface area contributed by atoms with E-state index in [0.717, 1.165) is 0 Å². The molecule has 1 spiro atoms. The Kier molecular flexibility index (Phi) is 4.92. The highest BCUT2D eigenvalue weighted by molar-refractivity contribution is 5.95. The van der Waals surface area contributed by atoms with Crippen molar-refractivity contribution in [2.45, 2.75) is 77.3 Å². The second-order valence-corrected chi connectivity index (χ2v) is 10.7. The molecule has 0 aromatic heterocycles. The number of esters is 1. The fourth-order valence-corrected chi connectivity index (χ4v) is 6.96. The third kappa shape index (κ3) is 2.55. The third-order valence-corrected chi connectivity index (χ3v) is 8.77. The van der Waals surface area contributed by atoms with Gasteiger partial charge in [0.2, 0.25) is 0 Å². The molecule has 0 aromatic rings. The first kappa shape index (κ1) is 22.6. The van der Waals surface area contributed by atoms with E-state index in [1.165, 1.54) is 0 Å². The van der Waals surface area contributed by atoms with Crippen molar-refractivity contribution < 1.29 is 34.8 Å². The third-order valence-electron chi connectivity index (χ3n) is 8.77. The van der Waals surface area contributed by atoms with Crippen LogP contribution in [0.25, 0.3) is 0 Å². The smallest absolute Gasteiger partial charge is 0.306 e. The van der Waals surface area contributed by atoms with Gasteiger partial charge in [0.15, 0.2) is 5.78 Å². The summed E-state index contributed by atoms with van der Waals surface area (Å²) in [5, 5.41) is 45.7. The van der Waals surface area contributed by atoms with Gasteiger partial charge in [-0.15, -0.1) is 0 Å². The molecular formula is C24H34O7. The number of rotatable bonds is 4. The van der Waals surface area contributed by atoms with E-state index in [2.05, 4.69) is 0 Å². The lowest BCUT2D eigenvalue weighted by Gasteiger charge is -2.48. The summed E-state index contributed by atoms with van der Waals surface area (Å²) in [4.78, 5) is 26.0. The monoisotopic (exact) mass is 434 g/mol. The second kappa shape index (κ2) is 6.73. The molecule has 4 rings (SSSR count). The highest BCUT2D eigenvalue weighted by atomic mass is 16.5. The fourth-order valence-electron chi connectivity index (χ4n) is 6.96. The van der Waals surface area contributed by atoms with Gasteiger partial charge in [-0.05, 0) is 36.8 Å². The predicted octanol–water partition coefficient (Wildman–Crippen LogP) is 1.28. The summed E-state index contributed by atoms with van der Waals surface area (Å²) in [6.07, 6.45) is 1.21. The molecule has 7 heteroatoms. The molecule has 0 aliphatic heterocycles. The van der Waals surface area contributed by atoms with Crippen molar-refractivity contribution in [3.05, 3.63) is 23.3 Å². The number of Topliss-reactive ketones (excluding diaryl/α,β-unsaturated/α-hetero) is 1. The maximum Gasteiger partial charge on any atom is 0.306 e. The van der Waals surface area contributed by atoms with E-state index in [1.54, 1.807) is 26.0 Å². The molecule has 31 heavy (non-hydrogen) atoms. The van der Waals surface area contributed by atoms with Gasteiger partial charge in [-0.1, -0.05) is 39.8 Å². The number of hydrogen-bond acceptors (Lipinski definition) is 7. The van der Waals surface area contributed by atoms with E-state index in [0.29, 0.717) is 12.0 Å². The first-order valence-corrected chi connectivity index (χ1v) is 11.2. The van der Waals surface area contributed by atoms with Crippen molar-refractivity contribution in [1.29, 1.82) is 0 Å². The molecular weight excluding hydrogens is 400 g/mol. The van der Waals surface area contributed by atoms with Gasteiger partial charge in [-0.25, -0.2) is 0 Å². The Morgan fingerprint density at radius 2 is 1.87 bits per heavy atom. The first-order chi connectivity index (χ1) is 14.3. The van der Waals surface area contributed by atoms with Crippen molar-refractivity contribution in [3.63, 3.8) is 0 Å². The number of fused-ring (bicyclic) bond motifs is 3. The zero-order valence-electron chi connectivity index (χ0n) is 18.9. The summed E-state index contributed by atoms with van der Waals surface area (Å²) in [7, 11) is 0. The van der Waals surface area contributed by atoms with Crippen LogP contribution < -0.4 is 0 Å². The van der Waals surface area contributed by atoms with Gasteiger partial charge >= 0.3 is 5.97 Å². The number of hydrogen-bond donors (Lipinski definition) is 4. The molecule has 2 fully saturated rings. The SMILES string of the molecule is CCCC(=O)OCC1=C[C@@H]2C(=O)C3(C=C(C)[C@H](O)[C@@]3(O)[C@@H]1O)C(C)C[C@]1(O)[C@H]2C1(C)C. The van der Waals surface area contributed by atoms with Crippen molar-refractivity contribution in [3.8, 4) is 0 Å². The molecule has 2 saturated carbocycles. The van der Waals surface area contributed by atoms with Gasteiger partial charge in [-0.3, -0.25) is 9.59 Å². The summed E-state index contributed by atoms with van der Waals surface area (Å²) >= 11 is 0. The Hall–Kier alpha value is -1.54. The summed E-state index contributed by atoms with van der Waals surface area (Å²) in [6.45, 7) is 8.82. The minimum Gasteiger partial charge on any atom is -0.461 e. The van der Waals surface area contributed by atoms with Crippen molar-refractivity contribution >= 4 is 11.8 Å². The summed E-state index contributed by atoms with van der Waals surface area (Å²) in [6, 6.07) is 0. The lowest BCUT2D eigenvalue weighted by atomic mass is 9.59. The number of ether oxygens (including phenoxy) is 1. The Labute approximate surface area is 182 Å². The number of aliphatic hydroxyl groups is 4. The van der Waals surface area contributed by atoms with Gasteiger partial charge in [0.25, 0.3) is 0 Å². The van der Waals surface area contributed by atoms with E-state index in [1.807, 2.05) is 20.8 Å². The van der Waals surface area contributed by atoms with Gasteiger partial charge in [0, 0.05) is 23.7 Å². The molecule has 8 atom stereocenters. The summed E-state index contributed by atoms with van der Waals surface area (Å²) in [5.74, 6) is -2.44. The topological polar surface area (TPSA) is 124 Å². The van der Waals surface area contributed by atoms with Gasteiger partial charge < -0.3 is 25.2 Å². The Morgan fingerprint density at radius 1 is 1.23 bits per heavy atom. The Balaban J connectivity index is 1.87. The average Bonchev–Trinajstić information content (AvgIpc) is 3.07. The predicted molar refractivity (Wildman–Crippen MR) is 112 cm³/mol. The number of allylic oxidation sites excluding steroid dienone is 1. The van der Waals surface area contributed by atoms with Gasteiger partial charge in [-0.2, -0.15) is 0 Å². The van der Waals surface area contributed by atoms with Crippen molar-refractivity contribution in [1.82, 2.24) is 0 Å². The molecule has 2 bridgehead atoms. The fraction of sp³-hybridized carbons (Fsp3) is 0.750. The molecule has 0 aromatic carbocycles.